The molecule has 0 atom stereocenters. The van der Waals surface area contributed by atoms with Crippen LogP contribution in [0.15, 0.2) is 43.0 Å². The fraction of sp³-hybridized carbons (Fsp3) is 0.0714. The molecule has 5 heteroatoms. The molecule has 3 N–H and O–H groups in total. The van der Waals surface area contributed by atoms with E-state index in [4.69, 9.17) is 5.73 Å². The van der Waals surface area contributed by atoms with Gasteiger partial charge in [-0.1, -0.05) is 24.0 Å². The zero-order valence-corrected chi connectivity index (χ0v) is 10.1. The van der Waals surface area contributed by atoms with Crippen LogP contribution >= 0.6 is 0 Å². The van der Waals surface area contributed by atoms with Crippen LogP contribution in [0.1, 0.15) is 15.9 Å². The maximum absolute atomic E-state index is 12.1. The molecule has 0 radical (unpaired) electrons. The Morgan fingerprint density at radius 1 is 1.26 bits per heavy atom. The maximum Gasteiger partial charge on any atom is 0.257 e. The van der Waals surface area contributed by atoms with Crippen molar-refractivity contribution in [3.8, 4) is 11.8 Å². The number of nitrogens with one attached hydrogen (secondary N) is 1. The van der Waals surface area contributed by atoms with E-state index < -0.39 is 0 Å². The van der Waals surface area contributed by atoms with Crippen LogP contribution in [0.25, 0.3) is 0 Å². The molecule has 0 fully saturated rings. The summed E-state index contributed by atoms with van der Waals surface area (Å²) in [5, 5.41) is 2.71. The van der Waals surface area contributed by atoms with Crippen molar-refractivity contribution in [1.29, 1.82) is 0 Å². The standard InChI is InChI=1S/C14H12N4O/c15-7-3-5-11-4-1-2-6-13(11)14(19)18-12-8-16-10-17-9-12/h1-2,4,6,8-10H,7,15H2,(H,18,19). The third kappa shape index (κ3) is 3.37. The zero-order valence-electron chi connectivity index (χ0n) is 10.1. The molecule has 0 saturated carbocycles. The molecule has 0 spiro atoms. The molecule has 1 aromatic heterocycles. The number of nitrogens with zero attached hydrogens (tertiary/aromatic N) is 2. The van der Waals surface area contributed by atoms with Gasteiger partial charge in [-0.15, -0.1) is 0 Å². The van der Waals surface area contributed by atoms with Crippen LogP contribution in [-0.4, -0.2) is 22.4 Å². The number of benzene rings is 1. The lowest BCUT2D eigenvalue weighted by Crippen LogP contribution is -2.13. The van der Waals surface area contributed by atoms with Gasteiger partial charge in [0.2, 0.25) is 0 Å². The van der Waals surface area contributed by atoms with E-state index in [-0.39, 0.29) is 12.5 Å². The molecule has 0 saturated heterocycles. The van der Waals surface area contributed by atoms with Crippen LogP contribution < -0.4 is 11.1 Å². The van der Waals surface area contributed by atoms with E-state index >= 15 is 0 Å². The second kappa shape index (κ2) is 6.28. The van der Waals surface area contributed by atoms with E-state index in [0.29, 0.717) is 16.8 Å². The van der Waals surface area contributed by atoms with Crippen molar-refractivity contribution in [1.82, 2.24) is 9.97 Å². The summed E-state index contributed by atoms with van der Waals surface area (Å²) in [5.74, 6) is 5.36. The van der Waals surface area contributed by atoms with Gasteiger partial charge in [0, 0.05) is 5.56 Å². The van der Waals surface area contributed by atoms with Gasteiger partial charge in [0.15, 0.2) is 0 Å². The normalized spacial score (nSPS) is 9.32. The lowest BCUT2D eigenvalue weighted by molar-refractivity contribution is 0.102. The fourth-order valence-corrected chi connectivity index (χ4v) is 1.50. The molecular formula is C14H12N4O. The summed E-state index contributed by atoms with van der Waals surface area (Å²) in [4.78, 5) is 19.8. The molecule has 0 aliphatic rings. The lowest BCUT2D eigenvalue weighted by atomic mass is 10.1. The first kappa shape index (κ1) is 12.7. The largest absolute Gasteiger partial charge is 0.320 e. The summed E-state index contributed by atoms with van der Waals surface area (Å²) in [5.41, 5.74) is 7.01. The van der Waals surface area contributed by atoms with Crippen molar-refractivity contribution >= 4 is 11.6 Å². The SMILES string of the molecule is NCC#Cc1ccccc1C(=O)Nc1cncnc1. The van der Waals surface area contributed by atoms with Crippen LogP contribution in [-0.2, 0) is 0 Å². The number of amides is 1. The highest BCUT2D eigenvalue weighted by atomic mass is 16.1. The highest BCUT2D eigenvalue weighted by Gasteiger charge is 2.09. The monoisotopic (exact) mass is 252 g/mol. The molecule has 0 aliphatic carbocycles. The molecule has 1 heterocycles. The first-order valence-electron chi connectivity index (χ1n) is 5.65. The summed E-state index contributed by atoms with van der Waals surface area (Å²) < 4.78 is 0. The number of nitrogens with two attached hydrogens (primary N) is 1. The number of carbonyl (C=O) groups excluding carboxylic acids is 1. The van der Waals surface area contributed by atoms with Crippen LogP contribution in [0.2, 0.25) is 0 Å². The van der Waals surface area contributed by atoms with Crippen molar-refractivity contribution in [3.05, 3.63) is 54.1 Å². The molecular weight excluding hydrogens is 240 g/mol. The zero-order chi connectivity index (χ0) is 13.5. The molecule has 5 nitrogen and oxygen atoms in total. The Morgan fingerprint density at radius 2 is 2.00 bits per heavy atom. The van der Waals surface area contributed by atoms with Gasteiger partial charge < -0.3 is 11.1 Å². The average Bonchev–Trinajstić information content (AvgIpc) is 2.46. The van der Waals surface area contributed by atoms with Crippen LogP contribution in [0, 0.1) is 11.8 Å². The van der Waals surface area contributed by atoms with E-state index in [9.17, 15) is 4.79 Å². The minimum absolute atomic E-state index is 0.252. The fourth-order valence-electron chi connectivity index (χ4n) is 1.50. The van der Waals surface area contributed by atoms with E-state index in [2.05, 4.69) is 27.1 Å². The van der Waals surface area contributed by atoms with Crippen molar-refractivity contribution in [2.45, 2.75) is 0 Å². The molecule has 1 amide bonds. The maximum atomic E-state index is 12.1. The number of carbonyl (C=O) groups is 1. The molecule has 2 aromatic rings. The van der Waals surface area contributed by atoms with Crippen molar-refractivity contribution in [2.75, 3.05) is 11.9 Å². The minimum Gasteiger partial charge on any atom is -0.320 e. The minimum atomic E-state index is -0.253. The summed E-state index contributed by atoms with van der Waals surface area (Å²) in [7, 11) is 0. The predicted octanol–water partition coefficient (Wildman–Crippen LogP) is 1.04. The van der Waals surface area contributed by atoms with E-state index in [1.54, 1.807) is 18.2 Å². The third-order valence-electron chi connectivity index (χ3n) is 2.32. The van der Waals surface area contributed by atoms with Gasteiger partial charge in [-0.3, -0.25) is 4.79 Å². The highest BCUT2D eigenvalue weighted by molar-refractivity contribution is 6.05. The second-order valence-corrected chi connectivity index (χ2v) is 3.63. The van der Waals surface area contributed by atoms with Gasteiger partial charge in [0.1, 0.15) is 6.33 Å². The molecule has 2 rings (SSSR count). The molecule has 0 aliphatic heterocycles. The average molecular weight is 252 g/mol. The van der Waals surface area contributed by atoms with Crippen LogP contribution in [0.5, 0.6) is 0 Å². The Balaban J connectivity index is 2.24. The Kier molecular flexibility index (Phi) is 4.21. The van der Waals surface area contributed by atoms with Gasteiger partial charge in [0.05, 0.1) is 30.2 Å². The second-order valence-electron chi connectivity index (χ2n) is 3.63. The number of hydrogen-bond acceptors (Lipinski definition) is 4. The lowest BCUT2D eigenvalue weighted by Gasteiger charge is -2.05. The summed E-state index contributed by atoms with van der Waals surface area (Å²) >= 11 is 0. The number of hydrogen-bond donors (Lipinski definition) is 2. The molecule has 1 aromatic carbocycles. The quantitative estimate of drug-likeness (QED) is 0.782. The Labute approximate surface area is 110 Å². The van der Waals surface area contributed by atoms with Crippen LogP contribution in [0.4, 0.5) is 5.69 Å². The number of aromatic nitrogens is 2. The molecule has 0 bridgehead atoms. The Bertz CT molecular complexity index is 629. The number of rotatable bonds is 2. The van der Waals surface area contributed by atoms with Gasteiger partial charge in [-0.25, -0.2) is 9.97 Å². The summed E-state index contributed by atoms with van der Waals surface area (Å²) in [6.07, 6.45) is 4.45. The molecule has 0 unspecified atom stereocenters. The first-order valence-corrected chi connectivity index (χ1v) is 5.65. The van der Waals surface area contributed by atoms with Crippen molar-refractivity contribution in [2.24, 2.45) is 5.73 Å². The first-order chi connectivity index (χ1) is 9.31. The van der Waals surface area contributed by atoms with Gasteiger partial charge in [-0.05, 0) is 12.1 Å². The van der Waals surface area contributed by atoms with Crippen molar-refractivity contribution < 1.29 is 4.79 Å². The molecule has 94 valence electrons. The van der Waals surface area contributed by atoms with Crippen molar-refractivity contribution in [3.63, 3.8) is 0 Å². The van der Waals surface area contributed by atoms with E-state index in [1.807, 2.05) is 6.07 Å². The third-order valence-corrected chi connectivity index (χ3v) is 2.32. The van der Waals surface area contributed by atoms with Gasteiger partial charge in [-0.2, -0.15) is 0 Å². The predicted molar refractivity (Wildman–Crippen MR) is 72.4 cm³/mol. The Morgan fingerprint density at radius 3 is 2.74 bits per heavy atom. The van der Waals surface area contributed by atoms with Crippen LogP contribution in [0.3, 0.4) is 0 Å². The highest BCUT2D eigenvalue weighted by Crippen LogP contribution is 2.10. The van der Waals surface area contributed by atoms with E-state index in [1.165, 1.54) is 18.7 Å². The van der Waals surface area contributed by atoms with Gasteiger partial charge in [0.25, 0.3) is 5.91 Å². The van der Waals surface area contributed by atoms with Gasteiger partial charge >= 0.3 is 0 Å². The summed E-state index contributed by atoms with van der Waals surface area (Å²) in [6, 6.07) is 7.09. The molecule has 19 heavy (non-hydrogen) atoms. The topological polar surface area (TPSA) is 80.9 Å². The number of anilines is 1. The van der Waals surface area contributed by atoms with E-state index in [0.717, 1.165) is 0 Å². The smallest absolute Gasteiger partial charge is 0.257 e. The summed E-state index contributed by atoms with van der Waals surface area (Å²) in [6.45, 7) is 0.252. The Hall–Kier alpha value is -2.71.